The smallest absolute Gasteiger partial charge is 0.264 e. The normalized spacial score (nSPS) is 22.0. The number of fused-ring (bicyclic) bond motifs is 1. The third kappa shape index (κ3) is 4.51. The van der Waals surface area contributed by atoms with E-state index in [1.165, 1.54) is 21.8 Å². The number of thiophene rings is 2. The van der Waals surface area contributed by atoms with Crippen molar-refractivity contribution < 1.29 is 14.3 Å². The van der Waals surface area contributed by atoms with Crippen LogP contribution in [0.5, 0.6) is 0 Å². The van der Waals surface area contributed by atoms with Crippen molar-refractivity contribution >= 4 is 46.1 Å². The number of methoxy groups -OCH3 is 1. The van der Waals surface area contributed by atoms with Gasteiger partial charge < -0.3 is 19.9 Å². The van der Waals surface area contributed by atoms with E-state index in [0.29, 0.717) is 28.8 Å². The predicted octanol–water partition coefficient (Wildman–Crippen LogP) is 3.11. The van der Waals surface area contributed by atoms with Gasteiger partial charge in [-0.1, -0.05) is 11.6 Å². The first-order chi connectivity index (χ1) is 13.9. The van der Waals surface area contributed by atoms with Gasteiger partial charge in [0, 0.05) is 37.7 Å². The zero-order chi connectivity index (χ0) is 20.5. The molecule has 4 heterocycles. The lowest BCUT2D eigenvalue weighted by Gasteiger charge is -2.23. The monoisotopic (exact) mass is 453 g/mol. The summed E-state index contributed by atoms with van der Waals surface area (Å²) in [5.74, 6) is -0.114. The van der Waals surface area contributed by atoms with Crippen molar-refractivity contribution in [2.24, 2.45) is 0 Å². The van der Waals surface area contributed by atoms with E-state index in [9.17, 15) is 9.59 Å². The Morgan fingerprint density at radius 1 is 1.31 bits per heavy atom. The van der Waals surface area contributed by atoms with Crippen LogP contribution in [0.4, 0.5) is 0 Å². The van der Waals surface area contributed by atoms with Crippen LogP contribution in [0.15, 0.2) is 18.2 Å². The van der Waals surface area contributed by atoms with Gasteiger partial charge >= 0.3 is 0 Å². The Morgan fingerprint density at radius 3 is 2.86 bits per heavy atom. The SMILES string of the molecule is COCC1CC(NC(=O)c2ccc(Cl)s2)CN1C(=O)c1cc2c(s1)CN(C)CC2. The Labute approximate surface area is 183 Å². The maximum atomic E-state index is 13.3. The van der Waals surface area contributed by atoms with Crippen LogP contribution in [0.3, 0.4) is 0 Å². The van der Waals surface area contributed by atoms with Gasteiger partial charge in [0.25, 0.3) is 11.8 Å². The highest BCUT2D eigenvalue weighted by atomic mass is 35.5. The van der Waals surface area contributed by atoms with Crippen LogP contribution in [-0.2, 0) is 17.7 Å². The van der Waals surface area contributed by atoms with Crippen LogP contribution >= 0.6 is 34.3 Å². The molecule has 2 atom stereocenters. The number of carbonyl (C=O) groups is 2. The molecule has 0 saturated carbocycles. The van der Waals surface area contributed by atoms with Gasteiger partial charge in [0.15, 0.2) is 0 Å². The maximum absolute atomic E-state index is 13.3. The standard InChI is InChI=1S/C20H24ClN3O3S2/c1-23-6-5-12-7-16(28-17(12)10-23)20(26)24-9-13(8-14(24)11-27-2)22-19(25)15-3-4-18(21)29-15/h3-4,7,13-14H,5-6,8-11H2,1-2H3,(H,22,25). The summed E-state index contributed by atoms with van der Waals surface area (Å²) in [6, 6.07) is 5.34. The summed E-state index contributed by atoms with van der Waals surface area (Å²) in [5.41, 5.74) is 1.29. The highest BCUT2D eigenvalue weighted by Crippen LogP contribution is 2.31. The Morgan fingerprint density at radius 2 is 2.14 bits per heavy atom. The first-order valence-electron chi connectivity index (χ1n) is 9.61. The Kier molecular flexibility index (Phi) is 6.27. The fraction of sp³-hybridized carbons (Fsp3) is 0.500. The van der Waals surface area contributed by atoms with Crippen LogP contribution in [0.1, 0.15) is 36.2 Å². The lowest BCUT2D eigenvalue weighted by atomic mass is 10.1. The molecule has 2 aliphatic heterocycles. The summed E-state index contributed by atoms with van der Waals surface area (Å²) >= 11 is 8.79. The summed E-state index contributed by atoms with van der Waals surface area (Å²) in [7, 11) is 3.75. The third-order valence-corrected chi connectivity index (χ3v) is 7.83. The highest BCUT2D eigenvalue weighted by molar-refractivity contribution is 7.18. The molecule has 2 amide bonds. The van der Waals surface area contributed by atoms with E-state index >= 15 is 0 Å². The van der Waals surface area contributed by atoms with Crippen LogP contribution in [0.2, 0.25) is 4.34 Å². The van der Waals surface area contributed by atoms with Gasteiger partial charge in [-0.25, -0.2) is 0 Å². The number of halogens is 1. The second kappa shape index (κ2) is 8.73. The summed E-state index contributed by atoms with van der Waals surface area (Å²) in [6.07, 6.45) is 1.66. The maximum Gasteiger partial charge on any atom is 0.264 e. The zero-order valence-corrected chi connectivity index (χ0v) is 18.8. The lowest BCUT2D eigenvalue weighted by molar-refractivity contribution is 0.0633. The number of hydrogen-bond donors (Lipinski definition) is 1. The van der Waals surface area contributed by atoms with Crippen LogP contribution in [0.25, 0.3) is 0 Å². The minimum Gasteiger partial charge on any atom is -0.383 e. The number of nitrogens with zero attached hydrogens (tertiary/aromatic N) is 2. The largest absolute Gasteiger partial charge is 0.383 e. The molecule has 4 rings (SSSR count). The van der Waals surface area contributed by atoms with E-state index in [2.05, 4.69) is 23.3 Å². The molecular formula is C20H24ClN3O3S2. The van der Waals surface area contributed by atoms with E-state index in [0.717, 1.165) is 24.4 Å². The van der Waals surface area contributed by atoms with Crippen molar-refractivity contribution in [1.29, 1.82) is 0 Å². The van der Waals surface area contributed by atoms with Crippen LogP contribution < -0.4 is 5.32 Å². The topological polar surface area (TPSA) is 61.9 Å². The minimum atomic E-state index is -0.146. The van der Waals surface area contributed by atoms with Crippen LogP contribution in [-0.4, -0.2) is 67.6 Å². The number of carbonyl (C=O) groups excluding carboxylic acids is 2. The zero-order valence-electron chi connectivity index (χ0n) is 16.4. The van der Waals surface area contributed by atoms with Crippen molar-refractivity contribution in [3.8, 4) is 0 Å². The van der Waals surface area contributed by atoms with Crippen molar-refractivity contribution in [1.82, 2.24) is 15.1 Å². The highest BCUT2D eigenvalue weighted by Gasteiger charge is 2.37. The average Bonchev–Trinajstić information content (AvgIpc) is 3.39. The number of amides is 2. The molecule has 6 nitrogen and oxygen atoms in total. The molecule has 2 unspecified atom stereocenters. The van der Waals surface area contributed by atoms with E-state index in [1.807, 2.05) is 4.90 Å². The molecule has 1 N–H and O–H groups in total. The average molecular weight is 454 g/mol. The fourth-order valence-electron chi connectivity index (χ4n) is 4.01. The van der Waals surface area contributed by atoms with Crippen molar-refractivity contribution in [2.45, 2.75) is 31.5 Å². The number of ether oxygens (including phenoxy) is 1. The predicted molar refractivity (Wildman–Crippen MR) is 116 cm³/mol. The molecule has 1 saturated heterocycles. The Hall–Kier alpha value is -1.45. The fourth-order valence-corrected chi connectivity index (χ4v) is 6.20. The number of likely N-dealkylation sites (tertiary alicyclic amines) is 1. The second-order valence-corrected chi connectivity index (χ2v) is 10.5. The van der Waals surface area contributed by atoms with Crippen LogP contribution in [0, 0.1) is 0 Å². The molecule has 0 aromatic carbocycles. The molecule has 9 heteroatoms. The molecule has 2 aliphatic rings. The first kappa shape index (κ1) is 20.8. The summed E-state index contributed by atoms with van der Waals surface area (Å²) in [6.45, 7) is 2.86. The Balaban J connectivity index is 1.47. The van der Waals surface area contributed by atoms with E-state index < -0.39 is 0 Å². The molecule has 0 bridgehead atoms. The second-order valence-electron chi connectivity index (χ2n) is 7.62. The number of rotatable bonds is 5. The quantitative estimate of drug-likeness (QED) is 0.755. The van der Waals surface area contributed by atoms with E-state index in [4.69, 9.17) is 16.3 Å². The van der Waals surface area contributed by atoms with Gasteiger partial charge in [0.2, 0.25) is 0 Å². The van der Waals surface area contributed by atoms with Crippen molar-refractivity contribution in [3.63, 3.8) is 0 Å². The molecular weight excluding hydrogens is 430 g/mol. The van der Waals surface area contributed by atoms with Gasteiger partial charge in [-0.3, -0.25) is 9.59 Å². The molecule has 1 fully saturated rings. The van der Waals surface area contributed by atoms with Crippen molar-refractivity contribution in [2.75, 3.05) is 33.9 Å². The number of hydrogen-bond acceptors (Lipinski definition) is 6. The molecule has 0 aliphatic carbocycles. The molecule has 156 valence electrons. The third-order valence-electron chi connectivity index (χ3n) is 5.45. The summed E-state index contributed by atoms with van der Waals surface area (Å²) in [5, 5.41) is 3.05. The number of likely N-dealkylation sites (N-methyl/N-ethyl adjacent to an activating group) is 1. The van der Waals surface area contributed by atoms with Crippen molar-refractivity contribution in [3.05, 3.63) is 42.7 Å². The van der Waals surface area contributed by atoms with Gasteiger partial charge in [0.05, 0.1) is 26.7 Å². The van der Waals surface area contributed by atoms with E-state index in [1.54, 1.807) is 30.6 Å². The van der Waals surface area contributed by atoms with Gasteiger partial charge in [-0.2, -0.15) is 0 Å². The lowest BCUT2D eigenvalue weighted by Crippen LogP contribution is -2.40. The summed E-state index contributed by atoms with van der Waals surface area (Å²) in [4.78, 5) is 32.5. The molecule has 0 spiro atoms. The van der Waals surface area contributed by atoms with Gasteiger partial charge in [-0.05, 0) is 43.7 Å². The molecule has 2 aromatic rings. The Bertz CT molecular complexity index is 913. The van der Waals surface area contributed by atoms with E-state index in [-0.39, 0.29) is 23.9 Å². The van der Waals surface area contributed by atoms with Gasteiger partial charge in [0.1, 0.15) is 0 Å². The first-order valence-corrected chi connectivity index (χ1v) is 11.6. The number of nitrogens with one attached hydrogen (secondary N) is 1. The molecule has 2 aromatic heterocycles. The summed E-state index contributed by atoms with van der Waals surface area (Å²) < 4.78 is 5.94. The minimum absolute atomic E-state index is 0.0324. The molecule has 29 heavy (non-hydrogen) atoms. The van der Waals surface area contributed by atoms with Gasteiger partial charge in [-0.15, -0.1) is 22.7 Å². The molecule has 0 radical (unpaired) electrons.